The molecule has 0 bridgehead atoms. The molecular formula is C14H24O4. The molecule has 18 heavy (non-hydrogen) atoms. The van der Waals surface area contributed by atoms with E-state index in [4.69, 9.17) is 9.47 Å². The molecule has 0 amide bonds. The summed E-state index contributed by atoms with van der Waals surface area (Å²) in [6.07, 6.45) is 1.75. The lowest BCUT2D eigenvalue weighted by atomic mass is 9.84. The molecule has 0 aliphatic carbocycles. The number of cyclic esters (lactones) is 1. The zero-order chi connectivity index (χ0) is 14.0. The maximum atomic E-state index is 12.2. The molecule has 2 unspecified atom stereocenters. The molecule has 4 heteroatoms. The van der Waals surface area contributed by atoms with Crippen LogP contribution in [0.4, 0.5) is 0 Å². The van der Waals surface area contributed by atoms with Crippen molar-refractivity contribution in [1.82, 2.24) is 0 Å². The molecular weight excluding hydrogens is 232 g/mol. The maximum absolute atomic E-state index is 12.2. The third-order valence-corrected chi connectivity index (χ3v) is 4.19. The molecule has 104 valence electrons. The van der Waals surface area contributed by atoms with Crippen molar-refractivity contribution >= 4 is 11.9 Å². The van der Waals surface area contributed by atoms with Gasteiger partial charge in [0.1, 0.15) is 5.60 Å². The number of esters is 2. The lowest BCUT2D eigenvalue weighted by Gasteiger charge is -2.35. The highest BCUT2D eigenvalue weighted by Gasteiger charge is 2.44. The van der Waals surface area contributed by atoms with Gasteiger partial charge in [-0.2, -0.15) is 0 Å². The summed E-state index contributed by atoms with van der Waals surface area (Å²) in [6, 6.07) is 0. The molecule has 0 aromatic heterocycles. The predicted molar refractivity (Wildman–Crippen MR) is 67.9 cm³/mol. The number of hydrogen-bond acceptors (Lipinski definition) is 4. The summed E-state index contributed by atoms with van der Waals surface area (Å²) < 4.78 is 10.7. The van der Waals surface area contributed by atoms with Crippen LogP contribution in [0.5, 0.6) is 0 Å². The molecule has 1 rings (SSSR count). The highest BCUT2D eigenvalue weighted by Crippen LogP contribution is 2.35. The van der Waals surface area contributed by atoms with Gasteiger partial charge in [-0.3, -0.25) is 9.59 Å². The smallest absolute Gasteiger partial charge is 0.312 e. The quantitative estimate of drug-likeness (QED) is 0.710. The lowest BCUT2D eigenvalue weighted by Crippen LogP contribution is -2.43. The topological polar surface area (TPSA) is 52.6 Å². The van der Waals surface area contributed by atoms with Crippen LogP contribution >= 0.6 is 0 Å². The SMILES string of the molecule is CCC(C)(C)C(=O)OC(C)(CC)C1COC(=O)C1. The molecule has 1 aliphatic rings. The minimum Gasteiger partial charge on any atom is -0.465 e. The van der Waals surface area contributed by atoms with Crippen LogP contribution < -0.4 is 0 Å². The van der Waals surface area contributed by atoms with Crippen LogP contribution in [-0.2, 0) is 19.1 Å². The Bertz CT molecular complexity index is 335. The van der Waals surface area contributed by atoms with E-state index in [0.29, 0.717) is 19.4 Å². The largest absolute Gasteiger partial charge is 0.465 e. The van der Waals surface area contributed by atoms with Gasteiger partial charge in [0.05, 0.1) is 18.4 Å². The van der Waals surface area contributed by atoms with Gasteiger partial charge in [0.2, 0.25) is 0 Å². The van der Waals surface area contributed by atoms with Crippen molar-refractivity contribution in [2.75, 3.05) is 6.61 Å². The van der Waals surface area contributed by atoms with E-state index in [-0.39, 0.29) is 17.9 Å². The van der Waals surface area contributed by atoms with Crippen molar-refractivity contribution in [3.8, 4) is 0 Å². The molecule has 0 saturated carbocycles. The molecule has 1 heterocycles. The number of carbonyl (C=O) groups is 2. The van der Waals surface area contributed by atoms with Crippen LogP contribution in [0.2, 0.25) is 0 Å². The van der Waals surface area contributed by atoms with Gasteiger partial charge in [-0.25, -0.2) is 0 Å². The zero-order valence-electron chi connectivity index (χ0n) is 12.0. The minimum absolute atomic E-state index is 0.0355. The molecule has 1 fully saturated rings. The first-order chi connectivity index (χ1) is 8.25. The second-order valence-electron chi connectivity index (χ2n) is 5.88. The van der Waals surface area contributed by atoms with Crippen LogP contribution in [0.25, 0.3) is 0 Å². The van der Waals surface area contributed by atoms with Gasteiger partial charge >= 0.3 is 11.9 Å². The van der Waals surface area contributed by atoms with Crippen molar-refractivity contribution in [1.29, 1.82) is 0 Å². The van der Waals surface area contributed by atoms with E-state index in [0.717, 1.165) is 6.42 Å². The highest BCUT2D eigenvalue weighted by atomic mass is 16.6. The minimum atomic E-state index is -0.615. The zero-order valence-corrected chi connectivity index (χ0v) is 12.0. The fourth-order valence-electron chi connectivity index (χ4n) is 1.84. The molecule has 2 atom stereocenters. The summed E-state index contributed by atoms with van der Waals surface area (Å²) in [5, 5.41) is 0. The van der Waals surface area contributed by atoms with E-state index in [2.05, 4.69) is 0 Å². The maximum Gasteiger partial charge on any atom is 0.312 e. The summed E-state index contributed by atoms with van der Waals surface area (Å²) in [7, 11) is 0. The predicted octanol–water partition coefficient (Wildman–Crippen LogP) is 2.70. The summed E-state index contributed by atoms with van der Waals surface area (Å²) in [5.41, 5.74) is -1.10. The van der Waals surface area contributed by atoms with E-state index < -0.39 is 11.0 Å². The molecule has 0 radical (unpaired) electrons. The van der Waals surface area contributed by atoms with Crippen molar-refractivity contribution in [2.45, 2.75) is 59.5 Å². The highest BCUT2D eigenvalue weighted by molar-refractivity contribution is 5.76. The fraction of sp³-hybridized carbons (Fsp3) is 0.857. The summed E-state index contributed by atoms with van der Waals surface area (Å²) in [6.45, 7) is 9.93. The van der Waals surface area contributed by atoms with Gasteiger partial charge in [-0.15, -0.1) is 0 Å². The molecule has 0 spiro atoms. The molecule has 1 saturated heterocycles. The normalized spacial score (nSPS) is 23.4. The van der Waals surface area contributed by atoms with Gasteiger partial charge < -0.3 is 9.47 Å². The van der Waals surface area contributed by atoms with Gasteiger partial charge in [-0.1, -0.05) is 13.8 Å². The van der Waals surface area contributed by atoms with Crippen molar-refractivity contribution in [3.05, 3.63) is 0 Å². The van der Waals surface area contributed by atoms with Crippen molar-refractivity contribution < 1.29 is 19.1 Å². The Morgan fingerprint density at radius 2 is 1.94 bits per heavy atom. The Morgan fingerprint density at radius 3 is 2.33 bits per heavy atom. The average molecular weight is 256 g/mol. The third-order valence-electron chi connectivity index (χ3n) is 4.19. The first kappa shape index (κ1) is 15.0. The Hall–Kier alpha value is -1.06. The Morgan fingerprint density at radius 1 is 1.33 bits per heavy atom. The number of ether oxygens (including phenoxy) is 2. The Balaban J connectivity index is 2.77. The van der Waals surface area contributed by atoms with E-state index in [1.165, 1.54) is 0 Å². The van der Waals surface area contributed by atoms with E-state index in [9.17, 15) is 9.59 Å². The molecule has 4 nitrogen and oxygen atoms in total. The van der Waals surface area contributed by atoms with Crippen molar-refractivity contribution in [3.63, 3.8) is 0 Å². The van der Waals surface area contributed by atoms with E-state index in [1.807, 2.05) is 34.6 Å². The first-order valence-electron chi connectivity index (χ1n) is 6.64. The van der Waals surface area contributed by atoms with Crippen LogP contribution in [-0.4, -0.2) is 24.1 Å². The fourth-order valence-corrected chi connectivity index (χ4v) is 1.84. The second-order valence-corrected chi connectivity index (χ2v) is 5.88. The van der Waals surface area contributed by atoms with Crippen LogP contribution in [0, 0.1) is 11.3 Å². The molecule has 0 aromatic rings. The summed E-state index contributed by atoms with van der Waals surface area (Å²) in [4.78, 5) is 23.4. The van der Waals surface area contributed by atoms with Crippen LogP contribution in [0.1, 0.15) is 53.9 Å². The average Bonchev–Trinajstić information content (AvgIpc) is 2.76. The summed E-state index contributed by atoms with van der Waals surface area (Å²) in [5.74, 6) is -0.439. The Kier molecular flexibility index (Phi) is 4.41. The van der Waals surface area contributed by atoms with Gasteiger partial charge in [0, 0.05) is 5.92 Å². The third kappa shape index (κ3) is 3.03. The van der Waals surface area contributed by atoms with Gasteiger partial charge in [0.15, 0.2) is 0 Å². The van der Waals surface area contributed by atoms with Crippen molar-refractivity contribution in [2.24, 2.45) is 11.3 Å². The number of hydrogen-bond donors (Lipinski definition) is 0. The summed E-state index contributed by atoms with van der Waals surface area (Å²) >= 11 is 0. The number of carbonyl (C=O) groups excluding carboxylic acids is 2. The molecule has 1 aliphatic heterocycles. The van der Waals surface area contributed by atoms with E-state index in [1.54, 1.807) is 0 Å². The standard InChI is InChI=1S/C14H24O4/c1-6-13(3,4)12(16)18-14(5,7-2)10-8-11(15)17-9-10/h10H,6-9H2,1-5H3. The van der Waals surface area contributed by atoms with Crippen LogP contribution in [0.15, 0.2) is 0 Å². The van der Waals surface area contributed by atoms with Gasteiger partial charge in [-0.05, 0) is 33.6 Å². The second kappa shape index (κ2) is 5.29. The van der Waals surface area contributed by atoms with Crippen LogP contribution in [0.3, 0.4) is 0 Å². The first-order valence-corrected chi connectivity index (χ1v) is 6.64. The van der Waals surface area contributed by atoms with E-state index >= 15 is 0 Å². The molecule has 0 aromatic carbocycles. The molecule has 0 N–H and O–H groups in total. The lowest BCUT2D eigenvalue weighted by molar-refractivity contribution is -0.175. The number of rotatable bonds is 5. The monoisotopic (exact) mass is 256 g/mol. The Labute approximate surface area is 109 Å². The van der Waals surface area contributed by atoms with Gasteiger partial charge in [0.25, 0.3) is 0 Å².